The van der Waals surface area contributed by atoms with Gasteiger partial charge >= 0.3 is 5.97 Å². The Hall–Kier alpha value is -1.07. The number of benzene rings is 1. The summed E-state index contributed by atoms with van der Waals surface area (Å²) in [5, 5.41) is 9.56. The maximum atomic E-state index is 11.1. The van der Waals surface area contributed by atoms with E-state index in [4.69, 9.17) is 16.7 Å². The minimum absolute atomic E-state index is 0.472. The molecule has 1 aromatic rings. The van der Waals surface area contributed by atoms with Crippen LogP contribution in [0, 0.1) is 0 Å². The van der Waals surface area contributed by atoms with Gasteiger partial charge < -0.3 is 10.0 Å². The third kappa shape index (κ3) is 2.74. The minimum Gasteiger partial charge on any atom is -0.479 e. The van der Waals surface area contributed by atoms with E-state index in [2.05, 4.69) is 15.9 Å². The maximum absolute atomic E-state index is 11.1. The Morgan fingerprint density at radius 3 is 2.69 bits per heavy atom. The van der Waals surface area contributed by atoms with Gasteiger partial charge in [-0.3, -0.25) is 4.79 Å². The van der Waals surface area contributed by atoms with Crippen LogP contribution in [0.3, 0.4) is 0 Å². The highest BCUT2D eigenvalue weighted by Gasteiger charge is 2.25. The summed E-state index contributed by atoms with van der Waals surface area (Å²) in [6.07, 6.45) is 0.472. The number of rotatable bonds is 4. The first kappa shape index (κ1) is 13.0. The Morgan fingerprint density at radius 2 is 2.25 bits per heavy atom. The van der Waals surface area contributed by atoms with Gasteiger partial charge in [-0.25, -0.2) is 4.79 Å². The van der Waals surface area contributed by atoms with Gasteiger partial charge in [0.2, 0.25) is 6.41 Å². The second-order valence-electron chi connectivity index (χ2n) is 3.18. The summed E-state index contributed by atoms with van der Waals surface area (Å²) < 4.78 is 0.557. The number of halogens is 2. The highest BCUT2D eigenvalue weighted by molar-refractivity contribution is 9.10. The molecule has 0 aliphatic carbocycles. The van der Waals surface area contributed by atoms with Crippen LogP contribution in [0.1, 0.15) is 11.6 Å². The topological polar surface area (TPSA) is 57.6 Å². The highest BCUT2D eigenvalue weighted by Crippen LogP contribution is 2.29. The van der Waals surface area contributed by atoms with E-state index in [1.165, 1.54) is 7.05 Å². The van der Waals surface area contributed by atoms with Crippen molar-refractivity contribution in [1.82, 2.24) is 4.90 Å². The summed E-state index contributed by atoms with van der Waals surface area (Å²) in [4.78, 5) is 22.8. The standard InChI is InChI=1S/C10H9BrClNO3/c1-13(5-14)9(10(15)16)7-3-2-6(12)4-8(7)11/h2-5,9H,1H3,(H,15,16). The molecule has 1 unspecified atom stereocenters. The molecule has 0 aliphatic rings. The molecule has 0 radical (unpaired) electrons. The predicted molar refractivity (Wildman–Crippen MR) is 63.4 cm³/mol. The van der Waals surface area contributed by atoms with Crippen molar-refractivity contribution < 1.29 is 14.7 Å². The zero-order chi connectivity index (χ0) is 12.3. The number of carboxylic acids is 1. The lowest BCUT2D eigenvalue weighted by Crippen LogP contribution is -2.29. The first-order valence-corrected chi connectivity index (χ1v) is 5.49. The largest absolute Gasteiger partial charge is 0.479 e. The monoisotopic (exact) mass is 305 g/mol. The van der Waals surface area contributed by atoms with Crippen molar-refractivity contribution >= 4 is 39.9 Å². The molecule has 0 aliphatic heterocycles. The van der Waals surface area contributed by atoms with Crippen LogP contribution in [0.25, 0.3) is 0 Å². The Labute approximate surface area is 106 Å². The fraction of sp³-hybridized carbons (Fsp3) is 0.200. The van der Waals surface area contributed by atoms with Gasteiger partial charge in [0, 0.05) is 22.1 Å². The van der Waals surface area contributed by atoms with Gasteiger partial charge in [0.25, 0.3) is 0 Å². The second kappa shape index (κ2) is 5.32. The van der Waals surface area contributed by atoms with Gasteiger partial charge in [0.15, 0.2) is 6.04 Å². The van der Waals surface area contributed by atoms with Crippen molar-refractivity contribution in [2.75, 3.05) is 7.05 Å². The van der Waals surface area contributed by atoms with Gasteiger partial charge in [-0.2, -0.15) is 0 Å². The summed E-state index contributed by atoms with van der Waals surface area (Å²) in [6.45, 7) is 0. The van der Waals surface area contributed by atoms with Crippen molar-refractivity contribution in [3.63, 3.8) is 0 Å². The van der Waals surface area contributed by atoms with Crippen LogP contribution in [0.2, 0.25) is 5.02 Å². The lowest BCUT2D eigenvalue weighted by molar-refractivity contribution is -0.145. The van der Waals surface area contributed by atoms with Crippen molar-refractivity contribution in [3.8, 4) is 0 Å². The van der Waals surface area contributed by atoms with E-state index in [9.17, 15) is 9.59 Å². The van der Waals surface area contributed by atoms with Crippen LogP contribution in [-0.2, 0) is 9.59 Å². The first-order valence-electron chi connectivity index (χ1n) is 4.32. The van der Waals surface area contributed by atoms with Crippen LogP contribution < -0.4 is 0 Å². The lowest BCUT2D eigenvalue weighted by atomic mass is 10.1. The van der Waals surface area contributed by atoms with Crippen molar-refractivity contribution in [3.05, 3.63) is 33.3 Å². The Bertz CT molecular complexity index is 425. The number of hydrogen-bond donors (Lipinski definition) is 1. The van der Waals surface area contributed by atoms with Crippen molar-refractivity contribution in [2.24, 2.45) is 0 Å². The molecule has 0 saturated heterocycles. The molecule has 16 heavy (non-hydrogen) atoms. The average molecular weight is 307 g/mol. The van der Waals surface area contributed by atoms with E-state index in [0.717, 1.165) is 4.90 Å². The van der Waals surface area contributed by atoms with Crippen LogP contribution >= 0.6 is 27.5 Å². The minimum atomic E-state index is -1.10. The molecule has 1 aromatic carbocycles. The third-order valence-corrected chi connectivity index (χ3v) is 2.99. The van der Waals surface area contributed by atoms with Crippen LogP contribution in [-0.4, -0.2) is 29.4 Å². The Kier molecular flexibility index (Phi) is 4.32. The molecule has 1 amide bonds. The number of carboxylic acid groups (broad SMARTS) is 1. The number of amides is 1. The van der Waals surface area contributed by atoms with E-state index in [-0.39, 0.29) is 0 Å². The molecular formula is C10H9BrClNO3. The number of nitrogens with zero attached hydrogens (tertiary/aromatic N) is 1. The molecule has 0 fully saturated rings. The maximum Gasteiger partial charge on any atom is 0.331 e. The quantitative estimate of drug-likeness (QED) is 0.869. The summed E-state index contributed by atoms with van der Waals surface area (Å²) in [7, 11) is 1.41. The normalized spacial score (nSPS) is 11.9. The van der Waals surface area contributed by atoms with Gasteiger partial charge in [0.05, 0.1) is 0 Å². The van der Waals surface area contributed by atoms with Gasteiger partial charge in [0.1, 0.15) is 0 Å². The molecule has 1 rings (SSSR count). The molecule has 86 valence electrons. The lowest BCUT2D eigenvalue weighted by Gasteiger charge is -2.21. The molecule has 0 heterocycles. The second-order valence-corrected chi connectivity index (χ2v) is 4.47. The third-order valence-electron chi connectivity index (χ3n) is 2.06. The van der Waals surface area contributed by atoms with Crippen molar-refractivity contribution in [2.45, 2.75) is 6.04 Å². The number of aliphatic carboxylic acids is 1. The number of likely N-dealkylation sites (N-methyl/N-ethyl adjacent to an activating group) is 1. The molecule has 4 nitrogen and oxygen atoms in total. The summed E-state index contributed by atoms with van der Waals surface area (Å²) in [5.74, 6) is -1.10. The molecule has 1 atom stereocenters. The van der Waals surface area contributed by atoms with E-state index < -0.39 is 12.0 Å². The molecule has 6 heteroatoms. The Balaban J connectivity index is 3.21. The fourth-order valence-electron chi connectivity index (χ4n) is 1.31. The van der Waals surface area contributed by atoms with Crippen molar-refractivity contribution in [1.29, 1.82) is 0 Å². The van der Waals surface area contributed by atoms with Crippen LogP contribution in [0.5, 0.6) is 0 Å². The summed E-state index contributed by atoms with van der Waals surface area (Å²) in [6, 6.07) is 3.72. The molecular weight excluding hydrogens is 297 g/mol. The number of carbonyl (C=O) groups is 2. The zero-order valence-electron chi connectivity index (χ0n) is 8.35. The molecule has 0 bridgehead atoms. The number of hydrogen-bond acceptors (Lipinski definition) is 2. The fourth-order valence-corrected chi connectivity index (χ4v) is 2.21. The van der Waals surface area contributed by atoms with Gasteiger partial charge in [-0.05, 0) is 12.1 Å². The molecule has 0 spiro atoms. The predicted octanol–water partition coefficient (Wildman–Crippen LogP) is 2.32. The average Bonchev–Trinajstić information content (AvgIpc) is 2.21. The first-order chi connectivity index (χ1) is 7.47. The smallest absolute Gasteiger partial charge is 0.331 e. The van der Waals surface area contributed by atoms with Gasteiger partial charge in [-0.1, -0.05) is 33.6 Å². The Morgan fingerprint density at radius 1 is 1.62 bits per heavy atom. The van der Waals surface area contributed by atoms with E-state index in [0.29, 0.717) is 21.5 Å². The zero-order valence-corrected chi connectivity index (χ0v) is 10.7. The van der Waals surface area contributed by atoms with E-state index in [1.807, 2.05) is 0 Å². The van der Waals surface area contributed by atoms with Crippen LogP contribution in [0.15, 0.2) is 22.7 Å². The molecule has 1 N–H and O–H groups in total. The number of carbonyl (C=O) groups excluding carboxylic acids is 1. The van der Waals surface area contributed by atoms with E-state index >= 15 is 0 Å². The SMILES string of the molecule is CN(C=O)C(C(=O)O)c1ccc(Cl)cc1Br. The molecule has 0 aromatic heterocycles. The summed E-state index contributed by atoms with van der Waals surface area (Å²) in [5.41, 5.74) is 0.478. The summed E-state index contributed by atoms with van der Waals surface area (Å²) >= 11 is 8.98. The van der Waals surface area contributed by atoms with E-state index in [1.54, 1.807) is 18.2 Å². The molecule has 0 saturated carbocycles. The van der Waals surface area contributed by atoms with Gasteiger partial charge in [-0.15, -0.1) is 0 Å². The van der Waals surface area contributed by atoms with Crippen LogP contribution in [0.4, 0.5) is 0 Å². The highest BCUT2D eigenvalue weighted by atomic mass is 79.9.